The lowest BCUT2D eigenvalue weighted by Crippen LogP contribution is -2.28. The summed E-state index contributed by atoms with van der Waals surface area (Å²) in [5.41, 5.74) is 2.16. The molecule has 0 unspecified atom stereocenters. The highest BCUT2D eigenvalue weighted by Gasteiger charge is 2.16. The maximum Gasteiger partial charge on any atom is 0.261 e. The largest absolute Gasteiger partial charge is 0.352 e. The number of benzene rings is 3. The van der Waals surface area contributed by atoms with Crippen molar-refractivity contribution >= 4 is 21.6 Å². The van der Waals surface area contributed by atoms with E-state index in [0.29, 0.717) is 17.7 Å². The fourth-order valence-electron chi connectivity index (χ4n) is 3.31. The van der Waals surface area contributed by atoms with Crippen molar-refractivity contribution in [1.29, 1.82) is 0 Å². The first-order valence-corrected chi connectivity index (χ1v) is 12.1. The fraction of sp³-hybridized carbons (Fsp3) is 0.240. The molecule has 0 aliphatic carbocycles. The van der Waals surface area contributed by atoms with E-state index in [1.54, 1.807) is 19.1 Å². The maximum absolute atomic E-state index is 13.8. The van der Waals surface area contributed by atoms with E-state index in [1.807, 2.05) is 25.2 Å². The number of nitrogens with one attached hydrogen (secondary N) is 2. The smallest absolute Gasteiger partial charge is 0.261 e. The molecule has 3 aromatic rings. The molecule has 0 spiro atoms. The number of halogens is 1. The molecule has 3 rings (SSSR count). The van der Waals surface area contributed by atoms with Crippen molar-refractivity contribution in [2.75, 3.05) is 24.9 Å². The molecule has 8 heteroatoms. The Morgan fingerprint density at radius 2 is 1.76 bits per heavy atom. The molecular weight excluding hydrogens is 441 g/mol. The molecule has 3 aromatic carbocycles. The van der Waals surface area contributed by atoms with Crippen LogP contribution in [0.4, 0.5) is 10.1 Å². The Bertz CT molecular complexity index is 1200. The molecule has 0 bridgehead atoms. The van der Waals surface area contributed by atoms with Crippen LogP contribution in [0.5, 0.6) is 0 Å². The SMILES string of the molecule is Cc1ccc(S(=O)(=O)Nc2cccc(C(=O)NCCCN(C)Cc3ccccc3)c2)cc1F. The van der Waals surface area contributed by atoms with E-state index in [4.69, 9.17) is 0 Å². The number of carbonyl (C=O) groups excluding carboxylic acids is 1. The highest BCUT2D eigenvalue weighted by molar-refractivity contribution is 7.92. The van der Waals surface area contributed by atoms with Gasteiger partial charge in [-0.15, -0.1) is 0 Å². The van der Waals surface area contributed by atoms with Gasteiger partial charge in [0.1, 0.15) is 5.82 Å². The summed E-state index contributed by atoms with van der Waals surface area (Å²) >= 11 is 0. The van der Waals surface area contributed by atoms with Crippen LogP contribution in [-0.2, 0) is 16.6 Å². The van der Waals surface area contributed by atoms with Crippen LogP contribution in [0, 0.1) is 12.7 Å². The van der Waals surface area contributed by atoms with Crippen molar-refractivity contribution in [3.8, 4) is 0 Å². The minimum Gasteiger partial charge on any atom is -0.352 e. The summed E-state index contributed by atoms with van der Waals surface area (Å²) in [6.07, 6.45) is 0.778. The molecule has 0 heterocycles. The quantitative estimate of drug-likeness (QED) is 0.437. The molecule has 6 nitrogen and oxygen atoms in total. The minimum atomic E-state index is -3.98. The van der Waals surface area contributed by atoms with Crippen LogP contribution in [0.15, 0.2) is 77.7 Å². The van der Waals surface area contributed by atoms with Crippen LogP contribution in [0.3, 0.4) is 0 Å². The van der Waals surface area contributed by atoms with Crippen molar-refractivity contribution < 1.29 is 17.6 Å². The first-order chi connectivity index (χ1) is 15.7. The normalized spacial score (nSPS) is 11.4. The summed E-state index contributed by atoms with van der Waals surface area (Å²) in [4.78, 5) is 14.5. The molecule has 33 heavy (non-hydrogen) atoms. The van der Waals surface area contributed by atoms with Gasteiger partial charge < -0.3 is 10.2 Å². The van der Waals surface area contributed by atoms with Crippen LogP contribution in [0.1, 0.15) is 27.9 Å². The number of hydrogen-bond donors (Lipinski definition) is 2. The lowest BCUT2D eigenvalue weighted by Gasteiger charge is -2.16. The zero-order valence-corrected chi connectivity index (χ0v) is 19.5. The molecular formula is C25H28FN3O3S. The summed E-state index contributed by atoms with van der Waals surface area (Å²) < 4.78 is 41.3. The summed E-state index contributed by atoms with van der Waals surface area (Å²) in [6, 6.07) is 20.1. The van der Waals surface area contributed by atoms with Crippen LogP contribution in [0.2, 0.25) is 0 Å². The van der Waals surface area contributed by atoms with E-state index >= 15 is 0 Å². The molecule has 0 saturated heterocycles. The van der Waals surface area contributed by atoms with Gasteiger partial charge >= 0.3 is 0 Å². The van der Waals surface area contributed by atoms with Crippen molar-refractivity contribution in [3.63, 3.8) is 0 Å². The van der Waals surface area contributed by atoms with E-state index < -0.39 is 15.8 Å². The molecule has 1 amide bonds. The Hall–Kier alpha value is -3.23. The molecule has 2 N–H and O–H groups in total. The van der Waals surface area contributed by atoms with E-state index in [2.05, 4.69) is 27.1 Å². The number of hydrogen-bond acceptors (Lipinski definition) is 4. The van der Waals surface area contributed by atoms with Crippen LogP contribution >= 0.6 is 0 Å². The molecule has 0 fully saturated rings. The Balaban J connectivity index is 1.52. The third-order valence-electron chi connectivity index (χ3n) is 5.13. The highest BCUT2D eigenvalue weighted by Crippen LogP contribution is 2.19. The Kier molecular flexibility index (Phi) is 8.19. The van der Waals surface area contributed by atoms with Crippen LogP contribution in [-0.4, -0.2) is 39.4 Å². The average molecular weight is 470 g/mol. The Labute approximate surface area is 194 Å². The zero-order chi connectivity index (χ0) is 23.8. The lowest BCUT2D eigenvalue weighted by atomic mass is 10.2. The van der Waals surface area contributed by atoms with Crippen LogP contribution in [0.25, 0.3) is 0 Å². The predicted octanol–water partition coefficient (Wildman–Crippen LogP) is 4.19. The van der Waals surface area contributed by atoms with Gasteiger partial charge in [0, 0.05) is 24.3 Å². The zero-order valence-electron chi connectivity index (χ0n) is 18.7. The number of anilines is 1. The van der Waals surface area contributed by atoms with E-state index in [1.165, 1.54) is 29.8 Å². The van der Waals surface area contributed by atoms with Gasteiger partial charge in [-0.1, -0.05) is 42.5 Å². The second kappa shape index (κ2) is 11.1. The topological polar surface area (TPSA) is 78.5 Å². The number of carbonyl (C=O) groups is 1. The highest BCUT2D eigenvalue weighted by atomic mass is 32.2. The molecule has 0 atom stereocenters. The van der Waals surface area contributed by atoms with Gasteiger partial charge in [0.05, 0.1) is 4.90 Å². The fourth-order valence-corrected chi connectivity index (χ4v) is 4.37. The Morgan fingerprint density at radius 3 is 2.48 bits per heavy atom. The standard InChI is InChI=1S/C25H28FN3O3S/c1-19-12-13-23(17-24(19)26)33(31,32)28-22-11-6-10-21(16-22)25(30)27-14-7-15-29(2)18-20-8-4-3-5-9-20/h3-6,8-13,16-17,28H,7,14-15,18H2,1-2H3,(H,27,30). The summed E-state index contributed by atoms with van der Waals surface area (Å²) in [5.74, 6) is -0.886. The summed E-state index contributed by atoms with van der Waals surface area (Å²) in [5, 5.41) is 2.86. The van der Waals surface area contributed by atoms with Gasteiger partial charge in [-0.3, -0.25) is 9.52 Å². The summed E-state index contributed by atoms with van der Waals surface area (Å²) in [7, 11) is -1.95. The third-order valence-corrected chi connectivity index (χ3v) is 6.51. The first kappa shape index (κ1) is 24.4. The van der Waals surface area contributed by atoms with Gasteiger partial charge in [0.25, 0.3) is 15.9 Å². The molecule has 0 aliphatic rings. The average Bonchev–Trinajstić information content (AvgIpc) is 2.79. The van der Waals surface area contributed by atoms with Crippen LogP contribution < -0.4 is 10.0 Å². The van der Waals surface area contributed by atoms with Crippen molar-refractivity contribution in [2.24, 2.45) is 0 Å². The molecule has 0 saturated carbocycles. The Morgan fingerprint density at radius 1 is 1.00 bits per heavy atom. The number of amides is 1. The number of aryl methyl sites for hydroxylation is 1. The van der Waals surface area contributed by atoms with Gasteiger partial charge in [0.2, 0.25) is 0 Å². The lowest BCUT2D eigenvalue weighted by molar-refractivity contribution is 0.0952. The van der Waals surface area contributed by atoms with E-state index in [0.717, 1.165) is 25.6 Å². The summed E-state index contributed by atoms with van der Waals surface area (Å²) in [6.45, 7) is 3.71. The van der Waals surface area contributed by atoms with Gasteiger partial charge in [-0.25, -0.2) is 12.8 Å². The van der Waals surface area contributed by atoms with E-state index in [9.17, 15) is 17.6 Å². The molecule has 0 aliphatic heterocycles. The predicted molar refractivity (Wildman–Crippen MR) is 128 cm³/mol. The van der Waals surface area contributed by atoms with Crippen molar-refractivity contribution in [3.05, 3.63) is 95.3 Å². The van der Waals surface area contributed by atoms with Crippen molar-refractivity contribution in [1.82, 2.24) is 10.2 Å². The monoisotopic (exact) mass is 469 g/mol. The minimum absolute atomic E-state index is 0.180. The van der Waals surface area contributed by atoms with E-state index in [-0.39, 0.29) is 16.5 Å². The van der Waals surface area contributed by atoms with Crippen molar-refractivity contribution in [2.45, 2.75) is 24.8 Å². The second-order valence-electron chi connectivity index (χ2n) is 7.93. The number of sulfonamides is 1. The molecule has 0 aromatic heterocycles. The van der Waals surface area contributed by atoms with Gasteiger partial charge in [-0.05, 0) is 68.4 Å². The first-order valence-electron chi connectivity index (χ1n) is 10.6. The van der Waals surface area contributed by atoms with Gasteiger partial charge in [-0.2, -0.15) is 0 Å². The maximum atomic E-state index is 13.8. The molecule has 0 radical (unpaired) electrons. The third kappa shape index (κ3) is 7.13. The number of nitrogens with zero attached hydrogens (tertiary/aromatic N) is 1. The molecule has 174 valence electrons. The van der Waals surface area contributed by atoms with Gasteiger partial charge in [0.15, 0.2) is 0 Å². The number of rotatable bonds is 10. The second-order valence-corrected chi connectivity index (χ2v) is 9.61.